The van der Waals surface area contributed by atoms with Crippen LogP contribution in [-0.4, -0.2) is 27.8 Å². The van der Waals surface area contributed by atoms with E-state index in [1.807, 2.05) is 24.3 Å². The molecule has 1 amide bonds. The van der Waals surface area contributed by atoms with Crippen LogP contribution < -0.4 is 10.2 Å². The van der Waals surface area contributed by atoms with Crippen molar-refractivity contribution in [3.8, 4) is 0 Å². The molecular formula is C20H19N5O3. The standard InChI is InChI=1S/C20H19N5O3/c1-14-11-18(25(27)28)13-23-19(14)22-12-15-3-5-17(6-4-15)24(2)20(26)16-7-9-21-10-8-16/h3-11,13H,12H2,1-2H3,(H,22,23). The zero-order valence-corrected chi connectivity index (χ0v) is 15.5. The van der Waals surface area contributed by atoms with Crippen molar-refractivity contribution in [3.63, 3.8) is 0 Å². The Morgan fingerprint density at radius 3 is 2.46 bits per heavy atom. The van der Waals surface area contributed by atoms with Crippen molar-refractivity contribution >= 4 is 23.1 Å². The lowest BCUT2D eigenvalue weighted by molar-refractivity contribution is -0.385. The first kappa shape index (κ1) is 19.0. The third kappa shape index (κ3) is 4.29. The van der Waals surface area contributed by atoms with Crippen LogP contribution in [0.4, 0.5) is 17.2 Å². The molecule has 0 radical (unpaired) electrons. The summed E-state index contributed by atoms with van der Waals surface area (Å²) in [6, 6.07) is 12.4. The van der Waals surface area contributed by atoms with E-state index < -0.39 is 4.92 Å². The number of amides is 1. The van der Waals surface area contributed by atoms with E-state index in [-0.39, 0.29) is 11.6 Å². The molecule has 2 aromatic heterocycles. The van der Waals surface area contributed by atoms with E-state index in [1.165, 1.54) is 12.3 Å². The SMILES string of the molecule is Cc1cc([N+](=O)[O-])cnc1NCc1ccc(N(C)C(=O)c2ccncc2)cc1. The van der Waals surface area contributed by atoms with E-state index in [0.29, 0.717) is 23.5 Å². The Labute approximate surface area is 162 Å². The second-order valence-electron chi connectivity index (χ2n) is 6.24. The minimum atomic E-state index is -0.466. The Hall–Kier alpha value is -3.81. The Balaban J connectivity index is 1.65. The lowest BCUT2D eigenvalue weighted by Gasteiger charge is -2.18. The van der Waals surface area contributed by atoms with Crippen LogP contribution in [0.3, 0.4) is 0 Å². The van der Waals surface area contributed by atoms with Crippen molar-refractivity contribution in [2.45, 2.75) is 13.5 Å². The largest absolute Gasteiger partial charge is 0.366 e. The highest BCUT2D eigenvalue weighted by Gasteiger charge is 2.13. The zero-order valence-electron chi connectivity index (χ0n) is 15.5. The third-order valence-electron chi connectivity index (χ3n) is 4.29. The fourth-order valence-corrected chi connectivity index (χ4v) is 2.67. The molecule has 8 heteroatoms. The number of aromatic nitrogens is 2. The third-order valence-corrected chi connectivity index (χ3v) is 4.29. The van der Waals surface area contributed by atoms with Gasteiger partial charge in [-0.1, -0.05) is 12.1 Å². The van der Waals surface area contributed by atoms with Gasteiger partial charge in [0.15, 0.2) is 0 Å². The van der Waals surface area contributed by atoms with Crippen molar-refractivity contribution in [3.05, 3.63) is 87.9 Å². The number of carbonyl (C=O) groups excluding carboxylic acids is 1. The molecule has 28 heavy (non-hydrogen) atoms. The van der Waals surface area contributed by atoms with Crippen LogP contribution in [0.25, 0.3) is 0 Å². The van der Waals surface area contributed by atoms with Crippen molar-refractivity contribution in [1.82, 2.24) is 9.97 Å². The van der Waals surface area contributed by atoms with E-state index in [1.54, 1.807) is 43.4 Å². The molecule has 8 nitrogen and oxygen atoms in total. The Kier molecular flexibility index (Phi) is 5.59. The van der Waals surface area contributed by atoms with E-state index in [9.17, 15) is 14.9 Å². The van der Waals surface area contributed by atoms with E-state index in [4.69, 9.17) is 0 Å². The van der Waals surface area contributed by atoms with Gasteiger partial charge < -0.3 is 10.2 Å². The van der Waals surface area contributed by atoms with Crippen LogP contribution in [0.1, 0.15) is 21.5 Å². The highest BCUT2D eigenvalue weighted by atomic mass is 16.6. The number of nitrogens with zero attached hydrogens (tertiary/aromatic N) is 4. The lowest BCUT2D eigenvalue weighted by Crippen LogP contribution is -2.26. The number of rotatable bonds is 6. The Morgan fingerprint density at radius 1 is 1.18 bits per heavy atom. The number of benzene rings is 1. The van der Waals surface area contributed by atoms with Gasteiger partial charge in [-0.2, -0.15) is 0 Å². The molecule has 0 aliphatic rings. The van der Waals surface area contributed by atoms with Gasteiger partial charge in [-0.05, 0) is 42.3 Å². The van der Waals surface area contributed by atoms with Gasteiger partial charge in [0.1, 0.15) is 12.0 Å². The van der Waals surface area contributed by atoms with Crippen molar-refractivity contribution in [2.24, 2.45) is 0 Å². The maximum absolute atomic E-state index is 12.5. The fourth-order valence-electron chi connectivity index (χ4n) is 2.67. The van der Waals surface area contributed by atoms with E-state index in [0.717, 1.165) is 11.3 Å². The molecule has 3 rings (SSSR count). The molecule has 1 aromatic carbocycles. The fraction of sp³-hybridized carbons (Fsp3) is 0.150. The average Bonchev–Trinajstić information content (AvgIpc) is 2.72. The molecule has 0 fully saturated rings. The van der Waals surface area contributed by atoms with Crippen LogP contribution >= 0.6 is 0 Å². The predicted molar refractivity (Wildman–Crippen MR) is 106 cm³/mol. The van der Waals surface area contributed by atoms with Gasteiger partial charge in [-0.15, -0.1) is 0 Å². The molecule has 0 atom stereocenters. The number of pyridine rings is 2. The maximum atomic E-state index is 12.5. The Morgan fingerprint density at radius 2 is 1.86 bits per heavy atom. The lowest BCUT2D eigenvalue weighted by atomic mass is 10.1. The molecule has 1 N–H and O–H groups in total. The van der Waals surface area contributed by atoms with E-state index in [2.05, 4.69) is 15.3 Å². The van der Waals surface area contributed by atoms with Crippen LogP contribution in [0, 0.1) is 17.0 Å². The van der Waals surface area contributed by atoms with Crippen LogP contribution in [0.2, 0.25) is 0 Å². The molecule has 3 aromatic rings. The number of carbonyl (C=O) groups is 1. The molecule has 0 saturated heterocycles. The molecule has 2 heterocycles. The summed E-state index contributed by atoms with van der Waals surface area (Å²) < 4.78 is 0. The summed E-state index contributed by atoms with van der Waals surface area (Å²) in [7, 11) is 1.72. The van der Waals surface area contributed by atoms with Crippen molar-refractivity contribution in [1.29, 1.82) is 0 Å². The molecule has 0 spiro atoms. The second-order valence-corrected chi connectivity index (χ2v) is 6.24. The minimum absolute atomic E-state index is 0.0331. The van der Waals surface area contributed by atoms with Gasteiger partial charge in [0, 0.05) is 43.3 Å². The summed E-state index contributed by atoms with van der Waals surface area (Å²) >= 11 is 0. The molecule has 0 bridgehead atoms. The van der Waals surface area contributed by atoms with Crippen molar-refractivity contribution in [2.75, 3.05) is 17.3 Å². The monoisotopic (exact) mass is 377 g/mol. The number of hydrogen-bond donors (Lipinski definition) is 1. The Bertz CT molecular complexity index is 990. The average molecular weight is 377 g/mol. The van der Waals surface area contributed by atoms with Gasteiger partial charge in [-0.25, -0.2) is 4.98 Å². The summed E-state index contributed by atoms with van der Waals surface area (Å²) in [5.74, 6) is 0.485. The molecular weight excluding hydrogens is 358 g/mol. The summed E-state index contributed by atoms with van der Waals surface area (Å²) in [5, 5.41) is 14.0. The number of aryl methyl sites for hydroxylation is 1. The van der Waals surface area contributed by atoms with Gasteiger partial charge in [0.05, 0.1) is 4.92 Å². The number of nitrogens with one attached hydrogen (secondary N) is 1. The first-order chi connectivity index (χ1) is 13.5. The minimum Gasteiger partial charge on any atom is -0.366 e. The molecule has 0 aliphatic heterocycles. The molecule has 0 saturated carbocycles. The van der Waals surface area contributed by atoms with Gasteiger partial charge in [0.2, 0.25) is 0 Å². The van der Waals surface area contributed by atoms with Crippen LogP contribution in [0.5, 0.6) is 0 Å². The molecule has 0 aliphatic carbocycles. The summed E-state index contributed by atoms with van der Waals surface area (Å²) in [6.07, 6.45) is 4.41. The van der Waals surface area contributed by atoms with Gasteiger partial charge in [-0.3, -0.25) is 19.9 Å². The highest BCUT2D eigenvalue weighted by molar-refractivity contribution is 6.05. The maximum Gasteiger partial charge on any atom is 0.287 e. The van der Waals surface area contributed by atoms with Crippen LogP contribution in [0.15, 0.2) is 61.1 Å². The normalized spacial score (nSPS) is 10.4. The quantitative estimate of drug-likeness (QED) is 0.520. The highest BCUT2D eigenvalue weighted by Crippen LogP contribution is 2.20. The summed E-state index contributed by atoms with van der Waals surface area (Å²) in [6.45, 7) is 2.28. The summed E-state index contributed by atoms with van der Waals surface area (Å²) in [4.78, 5) is 32.4. The molecule has 0 unspecified atom stereocenters. The molecule has 142 valence electrons. The second kappa shape index (κ2) is 8.26. The van der Waals surface area contributed by atoms with Gasteiger partial charge in [0.25, 0.3) is 11.6 Å². The number of anilines is 2. The number of hydrogen-bond acceptors (Lipinski definition) is 6. The topological polar surface area (TPSA) is 101 Å². The summed E-state index contributed by atoms with van der Waals surface area (Å²) in [5.41, 5.74) is 3.01. The van der Waals surface area contributed by atoms with Crippen molar-refractivity contribution < 1.29 is 9.72 Å². The first-order valence-corrected chi connectivity index (χ1v) is 8.57. The zero-order chi connectivity index (χ0) is 20.1. The first-order valence-electron chi connectivity index (χ1n) is 8.57. The smallest absolute Gasteiger partial charge is 0.287 e. The van der Waals surface area contributed by atoms with E-state index >= 15 is 0 Å². The van der Waals surface area contributed by atoms with Crippen LogP contribution in [-0.2, 0) is 6.54 Å². The van der Waals surface area contributed by atoms with Gasteiger partial charge >= 0.3 is 0 Å². The predicted octanol–water partition coefficient (Wildman–Crippen LogP) is 3.58. The number of nitro groups is 1.